The van der Waals surface area contributed by atoms with Gasteiger partial charge in [-0.3, -0.25) is 4.90 Å². The Labute approximate surface area is 162 Å². The van der Waals surface area contributed by atoms with Crippen LogP contribution in [-0.4, -0.2) is 66.0 Å². The summed E-state index contributed by atoms with van der Waals surface area (Å²) in [7, 11) is -3.24. The average Bonchev–Trinajstić information content (AvgIpc) is 3.16. The molecule has 0 saturated carbocycles. The van der Waals surface area contributed by atoms with E-state index in [2.05, 4.69) is 4.90 Å². The van der Waals surface area contributed by atoms with Crippen LogP contribution in [0.5, 0.6) is 0 Å². The maximum atomic E-state index is 12.5. The number of carboxylic acids is 2. The van der Waals surface area contributed by atoms with Crippen molar-refractivity contribution in [2.24, 2.45) is 0 Å². The molecule has 28 heavy (non-hydrogen) atoms. The lowest BCUT2D eigenvalue weighted by molar-refractivity contribution is -0.159. The summed E-state index contributed by atoms with van der Waals surface area (Å²) in [4.78, 5) is 20.4. The molecule has 0 amide bonds. The van der Waals surface area contributed by atoms with Gasteiger partial charge < -0.3 is 14.6 Å². The maximum absolute atomic E-state index is 12.5. The Morgan fingerprint density at radius 3 is 2.04 bits per heavy atom. The second kappa shape index (κ2) is 10.0. The van der Waals surface area contributed by atoms with Crippen molar-refractivity contribution in [3.8, 4) is 0 Å². The quantitative estimate of drug-likeness (QED) is 0.701. The smallest absolute Gasteiger partial charge is 0.414 e. The molecular formula is C18H22N2O7S. The van der Waals surface area contributed by atoms with Crippen molar-refractivity contribution in [3.63, 3.8) is 0 Å². The highest BCUT2D eigenvalue weighted by Crippen LogP contribution is 2.15. The van der Waals surface area contributed by atoms with Crippen LogP contribution in [0.2, 0.25) is 0 Å². The van der Waals surface area contributed by atoms with Gasteiger partial charge in [-0.2, -0.15) is 4.31 Å². The van der Waals surface area contributed by atoms with Crippen LogP contribution >= 0.6 is 0 Å². The van der Waals surface area contributed by atoms with Crippen LogP contribution in [0.25, 0.3) is 0 Å². The lowest BCUT2D eigenvalue weighted by Gasteiger charge is -2.33. The fourth-order valence-corrected chi connectivity index (χ4v) is 4.18. The van der Waals surface area contributed by atoms with E-state index in [0.717, 1.165) is 31.0 Å². The highest BCUT2D eigenvalue weighted by Gasteiger charge is 2.27. The largest absolute Gasteiger partial charge is 0.473 e. The number of aliphatic carboxylic acids is 2. The molecular weight excluding hydrogens is 388 g/mol. The van der Waals surface area contributed by atoms with E-state index in [0.29, 0.717) is 13.1 Å². The summed E-state index contributed by atoms with van der Waals surface area (Å²) >= 11 is 0. The predicted octanol–water partition coefficient (Wildman–Crippen LogP) is 1.08. The number of hydrogen-bond acceptors (Lipinski definition) is 6. The van der Waals surface area contributed by atoms with E-state index in [-0.39, 0.29) is 5.75 Å². The molecule has 1 aromatic carbocycles. The lowest BCUT2D eigenvalue weighted by Crippen LogP contribution is -2.48. The van der Waals surface area contributed by atoms with Gasteiger partial charge >= 0.3 is 11.9 Å². The fraction of sp³-hybridized carbons (Fsp3) is 0.333. The molecule has 0 radical (unpaired) electrons. The van der Waals surface area contributed by atoms with Gasteiger partial charge in [-0.25, -0.2) is 18.0 Å². The van der Waals surface area contributed by atoms with E-state index in [4.69, 9.17) is 24.2 Å². The second-order valence-corrected chi connectivity index (χ2v) is 8.08. The van der Waals surface area contributed by atoms with E-state index < -0.39 is 22.0 Å². The van der Waals surface area contributed by atoms with Crippen molar-refractivity contribution >= 4 is 22.0 Å². The van der Waals surface area contributed by atoms with Gasteiger partial charge in [0, 0.05) is 26.2 Å². The van der Waals surface area contributed by atoms with Crippen LogP contribution in [-0.2, 0) is 31.9 Å². The summed E-state index contributed by atoms with van der Waals surface area (Å²) < 4.78 is 31.9. The van der Waals surface area contributed by atoms with Gasteiger partial charge in [0.1, 0.15) is 5.76 Å². The zero-order valence-electron chi connectivity index (χ0n) is 15.1. The molecule has 10 heteroatoms. The number of carbonyl (C=O) groups is 2. The van der Waals surface area contributed by atoms with Gasteiger partial charge in [-0.15, -0.1) is 0 Å². The summed E-state index contributed by atoms with van der Waals surface area (Å²) in [5.74, 6) is -2.66. The fourth-order valence-electron chi connectivity index (χ4n) is 2.66. The topological polar surface area (TPSA) is 128 Å². The van der Waals surface area contributed by atoms with E-state index in [1.807, 2.05) is 42.5 Å². The maximum Gasteiger partial charge on any atom is 0.414 e. The molecule has 152 valence electrons. The summed E-state index contributed by atoms with van der Waals surface area (Å²) in [6.07, 6.45) is 1.66. The Morgan fingerprint density at radius 1 is 0.929 bits per heavy atom. The Morgan fingerprint density at radius 2 is 1.54 bits per heavy atom. The van der Waals surface area contributed by atoms with Crippen LogP contribution in [0.3, 0.4) is 0 Å². The van der Waals surface area contributed by atoms with Crippen LogP contribution in [0, 0.1) is 0 Å². The molecule has 0 bridgehead atoms. The third kappa shape index (κ3) is 6.80. The molecule has 2 aromatic rings. The van der Waals surface area contributed by atoms with Crippen LogP contribution < -0.4 is 0 Å². The number of carboxylic acid groups (broad SMARTS) is 2. The minimum atomic E-state index is -3.24. The minimum absolute atomic E-state index is 0.0754. The number of nitrogens with zero attached hydrogens (tertiary/aromatic N) is 2. The van der Waals surface area contributed by atoms with Crippen molar-refractivity contribution in [1.29, 1.82) is 0 Å². The van der Waals surface area contributed by atoms with Gasteiger partial charge in [-0.05, 0) is 17.7 Å². The normalized spacial score (nSPS) is 15.4. The molecule has 1 aliphatic heterocycles. The molecule has 1 aliphatic rings. The average molecular weight is 410 g/mol. The van der Waals surface area contributed by atoms with E-state index in [1.54, 1.807) is 10.6 Å². The van der Waals surface area contributed by atoms with Gasteiger partial charge in [-0.1, -0.05) is 30.3 Å². The standard InChI is InChI=1S/C16H20N2O3S.C2H2O4/c19-22(20,14-15-5-2-1-3-6-15)18-10-8-17(9-11-18)13-16-7-4-12-21-16;3-1(4)2(5)6/h1-7,12H,8-11,13-14H2;(H,3,4)(H,5,6). The molecule has 9 nitrogen and oxygen atoms in total. The molecule has 0 unspecified atom stereocenters. The molecule has 1 fully saturated rings. The molecule has 2 N–H and O–H groups in total. The first-order valence-corrected chi connectivity index (χ1v) is 10.1. The van der Waals surface area contributed by atoms with Gasteiger partial charge in [0.2, 0.25) is 10.0 Å². The van der Waals surface area contributed by atoms with Gasteiger partial charge in [0.25, 0.3) is 0 Å². The molecule has 0 aliphatic carbocycles. The zero-order valence-corrected chi connectivity index (χ0v) is 15.9. The SMILES string of the molecule is O=C(O)C(=O)O.O=S(=O)(Cc1ccccc1)N1CCN(Cc2ccco2)CC1. The van der Waals surface area contributed by atoms with Crippen molar-refractivity contribution < 1.29 is 32.6 Å². The summed E-state index contributed by atoms with van der Waals surface area (Å²) in [6, 6.07) is 13.1. The molecule has 1 aromatic heterocycles. The number of furan rings is 1. The number of benzene rings is 1. The first-order chi connectivity index (χ1) is 13.3. The van der Waals surface area contributed by atoms with Crippen LogP contribution in [0.1, 0.15) is 11.3 Å². The zero-order chi connectivity index (χ0) is 20.6. The highest BCUT2D eigenvalue weighted by molar-refractivity contribution is 7.88. The third-order valence-corrected chi connectivity index (χ3v) is 5.91. The highest BCUT2D eigenvalue weighted by atomic mass is 32.2. The van der Waals surface area contributed by atoms with Crippen molar-refractivity contribution in [2.75, 3.05) is 26.2 Å². The van der Waals surface area contributed by atoms with Crippen molar-refractivity contribution in [2.45, 2.75) is 12.3 Å². The molecule has 3 rings (SSSR count). The predicted molar refractivity (Wildman–Crippen MR) is 99.9 cm³/mol. The number of sulfonamides is 1. The second-order valence-electron chi connectivity index (χ2n) is 6.11. The Kier molecular flexibility index (Phi) is 7.73. The number of rotatable bonds is 5. The molecule has 0 atom stereocenters. The first kappa shape index (κ1) is 21.6. The van der Waals surface area contributed by atoms with Crippen LogP contribution in [0.15, 0.2) is 53.1 Å². The monoisotopic (exact) mass is 410 g/mol. The summed E-state index contributed by atoms with van der Waals surface area (Å²) in [5.41, 5.74) is 0.834. The van der Waals surface area contributed by atoms with Crippen LogP contribution in [0.4, 0.5) is 0 Å². The van der Waals surface area contributed by atoms with E-state index >= 15 is 0 Å². The molecule has 1 saturated heterocycles. The van der Waals surface area contributed by atoms with E-state index in [1.165, 1.54) is 0 Å². The third-order valence-electron chi connectivity index (χ3n) is 4.06. The number of piperazine rings is 1. The summed E-state index contributed by atoms with van der Waals surface area (Å²) in [6.45, 7) is 3.27. The Hall–Kier alpha value is -2.69. The minimum Gasteiger partial charge on any atom is -0.473 e. The van der Waals surface area contributed by atoms with Gasteiger partial charge in [0.15, 0.2) is 0 Å². The van der Waals surface area contributed by atoms with Crippen molar-refractivity contribution in [1.82, 2.24) is 9.21 Å². The van der Waals surface area contributed by atoms with Crippen molar-refractivity contribution in [3.05, 3.63) is 60.1 Å². The summed E-state index contributed by atoms with van der Waals surface area (Å²) in [5, 5.41) is 14.8. The first-order valence-electron chi connectivity index (χ1n) is 8.50. The van der Waals surface area contributed by atoms with Gasteiger partial charge in [0.05, 0.1) is 18.6 Å². The molecule has 2 heterocycles. The molecule has 0 spiro atoms. The Balaban J connectivity index is 0.000000409. The Bertz CT molecular complexity index is 847. The van der Waals surface area contributed by atoms with E-state index in [9.17, 15) is 8.42 Å². The number of hydrogen-bond donors (Lipinski definition) is 2. The lowest BCUT2D eigenvalue weighted by atomic mass is 10.2.